The number of aryl methyl sites for hydroxylation is 5. The molecule has 0 unspecified atom stereocenters. The Bertz CT molecular complexity index is 1290. The Morgan fingerprint density at radius 3 is 2.60 bits per heavy atom. The van der Waals surface area contributed by atoms with E-state index in [1.165, 1.54) is 5.56 Å². The quantitative estimate of drug-likeness (QED) is 0.286. The van der Waals surface area contributed by atoms with Gasteiger partial charge in [0, 0.05) is 19.5 Å². The molecule has 0 spiro atoms. The van der Waals surface area contributed by atoms with Gasteiger partial charge in [-0.2, -0.15) is 0 Å². The molecule has 1 aromatic heterocycles. The van der Waals surface area contributed by atoms with Crippen LogP contribution in [0.1, 0.15) is 40.9 Å². The summed E-state index contributed by atoms with van der Waals surface area (Å²) < 4.78 is 8.37. The van der Waals surface area contributed by atoms with E-state index in [2.05, 4.69) is 60.1 Å². The average molecular weight is 470 g/mol. The highest BCUT2D eigenvalue weighted by Gasteiger charge is 2.11. The Balaban J connectivity index is 1.31. The van der Waals surface area contributed by atoms with Crippen LogP contribution in [0.4, 0.5) is 0 Å². The number of benzene rings is 3. The molecular weight excluding hydrogens is 434 g/mol. The highest BCUT2D eigenvalue weighted by Crippen LogP contribution is 2.21. The van der Waals surface area contributed by atoms with Crippen LogP contribution >= 0.6 is 0 Å². The standard InChI is InChI=1S/C30H35N3O2/c1-22-15-16-24(3)28(20-22)35-19-9-18-33-27-13-7-6-12-26(27)32-29(33)14-8-17-31-30(34)21-25-11-5-4-10-23(25)2/h4-7,10-13,15-16,20H,8-9,14,17-19,21H2,1-3H3,(H,31,34). The lowest BCUT2D eigenvalue weighted by atomic mass is 10.1. The molecule has 5 nitrogen and oxygen atoms in total. The van der Waals surface area contributed by atoms with Crippen LogP contribution in [0.15, 0.2) is 66.7 Å². The van der Waals surface area contributed by atoms with E-state index in [9.17, 15) is 4.79 Å². The molecule has 182 valence electrons. The maximum atomic E-state index is 12.4. The lowest BCUT2D eigenvalue weighted by Gasteiger charge is -2.12. The first-order valence-electron chi connectivity index (χ1n) is 12.5. The van der Waals surface area contributed by atoms with Gasteiger partial charge in [-0.25, -0.2) is 4.98 Å². The predicted molar refractivity (Wildman–Crippen MR) is 142 cm³/mol. The van der Waals surface area contributed by atoms with Gasteiger partial charge in [0.05, 0.1) is 24.1 Å². The monoisotopic (exact) mass is 469 g/mol. The second-order valence-electron chi connectivity index (χ2n) is 9.20. The van der Waals surface area contributed by atoms with E-state index < -0.39 is 0 Å². The SMILES string of the molecule is Cc1ccc(C)c(OCCCn2c(CCCNC(=O)Cc3ccccc3C)nc3ccccc32)c1. The molecule has 1 amide bonds. The molecule has 3 aromatic carbocycles. The van der Waals surface area contributed by atoms with Crippen molar-refractivity contribution in [2.24, 2.45) is 0 Å². The Labute approximate surface area is 208 Å². The summed E-state index contributed by atoms with van der Waals surface area (Å²) in [4.78, 5) is 17.3. The number of hydrogen-bond acceptors (Lipinski definition) is 3. The topological polar surface area (TPSA) is 56.1 Å². The highest BCUT2D eigenvalue weighted by atomic mass is 16.5. The number of imidazole rings is 1. The fourth-order valence-electron chi connectivity index (χ4n) is 4.35. The van der Waals surface area contributed by atoms with E-state index in [4.69, 9.17) is 9.72 Å². The van der Waals surface area contributed by atoms with Gasteiger partial charge in [0.1, 0.15) is 11.6 Å². The van der Waals surface area contributed by atoms with Gasteiger partial charge < -0.3 is 14.6 Å². The summed E-state index contributed by atoms with van der Waals surface area (Å²) in [6.07, 6.45) is 2.98. The minimum Gasteiger partial charge on any atom is -0.493 e. The van der Waals surface area contributed by atoms with Crippen LogP contribution < -0.4 is 10.1 Å². The number of aromatic nitrogens is 2. The molecule has 0 aliphatic rings. The van der Waals surface area contributed by atoms with Crippen molar-refractivity contribution in [2.45, 2.75) is 53.0 Å². The largest absolute Gasteiger partial charge is 0.493 e. The van der Waals surface area contributed by atoms with Gasteiger partial charge in [-0.3, -0.25) is 4.79 Å². The van der Waals surface area contributed by atoms with Crippen LogP contribution in [0.3, 0.4) is 0 Å². The van der Waals surface area contributed by atoms with Crippen molar-refractivity contribution in [1.82, 2.24) is 14.9 Å². The lowest BCUT2D eigenvalue weighted by molar-refractivity contribution is -0.120. The van der Waals surface area contributed by atoms with Crippen LogP contribution in [0.2, 0.25) is 0 Å². The summed E-state index contributed by atoms with van der Waals surface area (Å²) in [7, 11) is 0. The molecular formula is C30H35N3O2. The summed E-state index contributed by atoms with van der Waals surface area (Å²) in [6, 6.07) is 22.6. The molecule has 0 aliphatic heterocycles. The number of rotatable bonds is 11. The van der Waals surface area contributed by atoms with Crippen molar-refractivity contribution in [3.8, 4) is 5.75 Å². The average Bonchev–Trinajstić information content (AvgIpc) is 3.20. The number of hydrogen-bond donors (Lipinski definition) is 1. The maximum absolute atomic E-state index is 12.4. The number of carbonyl (C=O) groups excluding carboxylic acids is 1. The zero-order valence-corrected chi connectivity index (χ0v) is 21.0. The van der Waals surface area contributed by atoms with Crippen molar-refractivity contribution in [3.05, 3.63) is 94.8 Å². The van der Waals surface area contributed by atoms with Gasteiger partial charge in [0.15, 0.2) is 0 Å². The molecule has 1 heterocycles. The van der Waals surface area contributed by atoms with Crippen molar-refractivity contribution >= 4 is 16.9 Å². The minimum absolute atomic E-state index is 0.0661. The van der Waals surface area contributed by atoms with E-state index in [-0.39, 0.29) is 5.91 Å². The molecule has 35 heavy (non-hydrogen) atoms. The van der Waals surface area contributed by atoms with Crippen LogP contribution in [0, 0.1) is 20.8 Å². The summed E-state index contributed by atoms with van der Waals surface area (Å²) in [5.41, 5.74) is 6.76. The van der Waals surface area contributed by atoms with Crippen molar-refractivity contribution in [3.63, 3.8) is 0 Å². The number of nitrogens with one attached hydrogen (secondary N) is 1. The molecule has 0 atom stereocenters. The fourth-order valence-corrected chi connectivity index (χ4v) is 4.35. The van der Waals surface area contributed by atoms with Gasteiger partial charge in [0.25, 0.3) is 0 Å². The van der Waals surface area contributed by atoms with Crippen LogP contribution in [0.5, 0.6) is 5.75 Å². The molecule has 4 rings (SSSR count). The van der Waals surface area contributed by atoms with Crippen molar-refractivity contribution in [2.75, 3.05) is 13.2 Å². The van der Waals surface area contributed by atoms with Gasteiger partial charge in [-0.1, -0.05) is 48.5 Å². The van der Waals surface area contributed by atoms with Crippen LogP contribution in [-0.4, -0.2) is 28.6 Å². The first kappa shape index (κ1) is 24.5. The van der Waals surface area contributed by atoms with Gasteiger partial charge in [-0.15, -0.1) is 0 Å². The zero-order chi connectivity index (χ0) is 24.6. The molecule has 0 fully saturated rings. The number of nitrogens with zero attached hydrogens (tertiary/aromatic N) is 2. The second-order valence-corrected chi connectivity index (χ2v) is 9.20. The minimum atomic E-state index is 0.0661. The maximum Gasteiger partial charge on any atom is 0.224 e. The summed E-state index contributed by atoms with van der Waals surface area (Å²) in [6.45, 7) is 8.35. The molecule has 0 saturated heterocycles. The van der Waals surface area contributed by atoms with E-state index in [1.54, 1.807) is 0 Å². The predicted octanol–water partition coefficient (Wildman–Crippen LogP) is 5.72. The summed E-state index contributed by atoms with van der Waals surface area (Å²) in [5, 5.41) is 3.07. The van der Waals surface area contributed by atoms with Gasteiger partial charge >= 0.3 is 0 Å². The normalized spacial score (nSPS) is 11.1. The Morgan fingerprint density at radius 1 is 0.943 bits per heavy atom. The van der Waals surface area contributed by atoms with Gasteiger partial charge in [-0.05, 0) is 74.1 Å². The van der Waals surface area contributed by atoms with Crippen molar-refractivity contribution in [1.29, 1.82) is 0 Å². The zero-order valence-electron chi connectivity index (χ0n) is 21.0. The Morgan fingerprint density at radius 2 is 1.74 bits per heavy atom. The molecule has 0 radical (unpaired) electrons. The smallest absolute Gasteiger partial charge is 0.224 e. The lowest BCUT2D eigenvalue weighted by Crippen LogP contribution is -2.26. The summed E-state index contributed by atoms with van der Waals surface area (Å²) >= 11 is 0. The number of ether oxygens (including phenoxy) is 1. The third kappa shape index (κ3) is 6.50. The Hall–Kier alpha value is -3.60. The second kappa shape index (κ2) is 11.7. The summed E-state index contributed by atoms with van der Waals surface area (Å²) in [5.74, 6) is 2.09. The van der Waals surface area contributed by atoms with Crippen molar-refractivity contribution < 1.29 is 9.53 Å². The fraction of sp³-hybridized carbons (Fsp3) is 0.333. The number of carbonyl (C=O) groups is 1. The Kier molecular flexibility index (Phi) is 8.19. The van der Waals surface area contributed by atoms with E-state index in [1.807, 2.05) is 37.3 Å². The number of amides is 1. The molecule has 4 aromatic rings. The van der Waals surface area contributed by atoms with Crippen LogP contribution in [-0.2, 0) is 24.2 Å². The first-order chi connectivity index (χ1) is 17.0. The molecule has 0 saturated carbocycles. The third-order valence-electron chi connectivity index (χ3n) is 6.37. The van der Waals surface area contributed by atoms with E-state index >= 15 is 0 Å². The first-order valence-corrected chi connectivity index (χ1v) is 12.5. The molecule has 0 bridgehead atoms. The van der Waals surface area contributed by atoms with E-state index in [0.717, 1.165) is 65.1 Å². The van der Waals surface area contributed by atoms with E-state index in [0.29, 0.717) is 19.6 Å². The molecule has 0 aliphatic carbocycles. The number of para-hydroxylation sites is 2. The highest BCUT2D eigenvalue weighted by molar-refractivity contribution is 5.79. The number of fused-ring (bicyclic) bond motifs is 1. The van der Waals surface area contributed by atoms with Gasteiger partial charge in [0.2, 0.25) is 5.91 Å². The third-order valence-corrected chi connectivity index (χ3v) is 6.37. The molecule has 1 N–H and O–H groups in total. The molecule has 5 heteroatoms. The van der Waals surface area contributed by atoms with Crippen LogP contribution in [0.25, 0.3) is 11.0 Å².